The second-order valence-corrected chi connectivity index (χ2v) is 10.3. The van der Waals surface area contributed by atoms with E-state index < -0.39 is 34.7 Å². The topological polar surface area (TPSA) is 74.6 Å². The van der Waals surface area contributed by atoms with E-state index in [-0.39, 0.29) is 29.2 Å². The fourth-order valence-electron chi connectivity index (χ4n) is 4.81. The van der Waals surface area contributed by atoms with Gasteiger partial charge in [-0.15, -0.1) is 0 Å². The Morgan fingerprint density at radius 1 is 1.00 bits per heavy atom. The van der Waals surface area contributed by atoms with Crippen LogP contribution in [0, 0.1) is 5.82 Å². The molecule has 0 radical (unpaired) electrons. The van der Waals surface area contributed by atoms with Crippen molar-refractivity contribution in [2.75, 3.05) is 6.61 Å². The van der Waals surface area contributed by atoms with Gasteiger partial charge in [0.05, 0.1) is 17.5 Å². The van der Waals surface area contributed by atoms with E-state index in [2.05, 4.69) is 0 Å². The lowest BCUT2D eigenvalue weighted by Gasteiger charge is -2.28. The molecule has 0 bridgehead atoms. The molecule has 1 heterocycles. The average Bonchev–Trinajstić information content (AvgIpc) is 3.78. The predicted octanol–water partition coefficient (Wildman–Crippen LogP) is 6.26. The summed E-state index contributed by atoms with van der Waals surface area (Å²) in [4.78, 5) is 39.3. The summed E-state index contributed by atoms with van der Waals surface area (Å²) in [5.41, 5.74) is 0.0505. The van der Waals surface area contributed by atoms with Crippen LogP contribution in [-0.2, 0) is 19.7 Å². The molecule has 200 valence electrons. The monoisotopic (exact) mass is 527 g/mol. The quantitative estimate of drug-likeness (QED) is 0.253. The Kier molecular flexibility index (Phi) is 7.08. The van der Waals surface area contributed by atoms with Gasteiger partial charge in [-0.25, -0.2) is 9.18 Å². The van der Waals surface area contributed by atoms with Crippen LogP contribution in [0.2, 0.25) is 0 Å². The minimum absolute atomic E-state index is 0.0734. The SMILES string of the molecule is CCOC(=O)c1cn(C2CC2)c2cc(C(C)(C)C(=O)OC(c3ccccc3)c3ccccc3)c(F)cc2c1=O. The van der Waals surface area contributed by atoms with Crippen molar-refractivity contribution in [3.8, 4) is 0 Å². The van der Waals surface area contributed by atoms with Gasteiger partial charge < -0.3 is 14.0 Å². The first-order valence-electron chi connectivity index (χ1n) is 13.1. The summed E-state index contributed by atoms with van der Waals surface area (Å²) >= 11 is 0. The molecule has 0 N–H and O–H groups in total. The van der Waals surface area contributed by atoms with Gasteiger partial charge in [-0.05, 0) is 56.9 Å². The van der Waals surface area contributed by atoms with Gasteiger partial charge in [0, 0.05) is 23.2 Å². The normalized spacial score (nSPS) is 13.5. The molecule has 0 amide bonds. The highest BCUT2D eigenvalue weighted by molar-refractivity contribution is 5.94. The van der Waals surface area contributed by atoms with Crippen LogP contribution in [-0.4, -0.2) is 23.1 Å². The lowest BCUT2D eigenvalue weighted by molar-refractivity contribution is -0.153. The number of nitrogens with zero attached hydrogens (tertiary/aromatic N) is 1. The number of esters is 2. The maximum atomic E-state index is 15.7. The molecular formula is C32H30FNO5. The number of benzene rings is 3. The molecule has 1 aliphatic rings. The van der Waals surface area contributed by atoms with E-state index in [4.69, 9.17) is 9.47 Å². The molecule has 0 unspecified atom stereocenters. The van der Waals surface area contributed by atoms with Gasteiger partial charge in [-0.1, -0.05) is 60.7 Å². The summed E-state index contributed by atoms with van der Waals surface area (Å²) in [7, 11) is 0. The fraction of sp³-hybridized carbons (Fsp3) is 0.281. The number of fused-ring (bicyclic) bond motifs is 1. The van der Waals surface area contributed by atoms with Gasteiger partial charge >= 0.3 is 11.9 Å². The first kappa shape index (κ1) is 26.4. The lowest BCUT2D eigenvalue weighted by Crippen LogP contribution is -2.33. The van der Waals surface area contributed by atoms with Gasteiger partial charge in [0.25, 0.3) is 0 Å². The largest absolute Gasteiger partial charge is 0.462 e. The molecule has 0 spiro atoms. The molecule has 0 atom stereocenters. The number of carbonyl (C=O) groups is 2. The van der Waals surface area contributed by atoms with Crippen LogP contribution >= 0.6 is 0 Å². The zero-order valence-electron chi connectivity index (χ0n) is 22.1. The summed E-state index contributed by atoms with van der Waals surface area (Å²) in [6, 6.07) is 21.5. The van der Waals surface area contributed by atoms with Crippen LogP contribution in [0.4, 0.5) is 4.39 Å². The summed E-state index contributed by atoms with van der Waals surface area (Å²) in [5.74, 6) is -2.07. The number of pyridine rings is 1. The second-order valence-electron chi connectivity index (χ2n) is 10.3. The fourth-order valence-corrected chi connectivity index (χ4v) is 4.81. The van der Waals surface area contributed by atoms with Crippen molar-refractivity contribution in [3.05, 3.63) is 117 Å². The van der Waals surface area contributed by atoms with E-state index in [9.17, 15) is 14.4 Å². The smallest absolute Gasteiger partial charge is 0.343 e. The van der Waals surface area contributed by atoms with E-state index in [0.717, 1.165) is 30.0 Å². The lowest BCUT2D eigenvalue weighted by atomic mass is 9.83. The van der Waals surface area contributed by atoms with Crippen molar-refractivity contribution in [1.29, 1.82) is 0 Å². The van der Waals surface area contributed by atoms with Gasteiger partial charge in [0.15, 0.2) is 6.10 Å². The number of hydrogen-bond acceptors (Lipinski definition) is 5. The van der Waals surface area contributed by atoms with Crippen LogP contribution in [0.1, 0.15) is 72.8 Å². The van der Waals surface area contributed by atoms with E-state index in [1.54, 1.807) is 26.8 Å². The highest BCUT2D eigenvalue weighted by Crippen LogP contribution is 2.39. The van der Waals surface area contributed by atoms with E-state index in [0.29, 0.717) is 5.52 Å². The molecule has 0 saturated heterocycles. The number of carbonyl (C=O) groups excluding carboxylic acids is 2. The average molecular weight is 528 g/mol. The minimum atomic E-state index is -1.38. The van der Waals surface area contributed by atoms with Crippen LogP contribution in [0.25, 0.3) is 10.9 Å². The Morgan fingerprint density at radius 3 is 2.13 bits per heavy atom. The highest BCUT2D eigenvalue weighted by Gasteiger charge is 2.38. The van der Waals surface area contributed by atoms with E-state index in [1.165, 1.54) is 6.20 Å². The van der Waals surface area contributed by atoms with Crippen molar-refractivity contribution in [3.63, 3.8) is 0 Å². The molecular weight excluding hydrogens is 497 g/mol. The molecule has 7 heteroatoms. The minimum Gasteiger partial charge on any atom is -0.462 e. The van der Waals surface area contributed by atoms with Crippen molar-refractivity contribution in [2.24, 2.45) is 0 Å². The first-order chi connectivity index (χ1) is 18.7. The van der Waals surface area contributed by atoms with Crippen LogP contribution in [0.15, 0.2) is 83.8 Å². The molecule has 1 aliphatic carbocycles. The third-order valence-electron chi connectivity index (χ3n) is 7.17. The van der Waals surface area contributed by atoms with Crippen molar-refractivity contribution in [1.82, 2.24) is 4.57 Å². The third kappa shape index (κ3) is 5.09. The van der Waals surface area contributed by atoms with Crippen LogP contribution in [0.3, 0.4) is 0 Å². The van der Waals surface area contributed by atoms with E-state index >= 15 is 4.39 Å². The van der Waals surface area contributed by atoms with Gasteiger partial charge in [-0.2, -0.15) is 0 Å². The Labute approximate surface area is 226 Å². The number of rotatable bonds is 8. The second kappa shape index (κ2) is 10.5. The van der Waals surface area contributed by atoms with Crippen LogP contribution < -0.4 is 5.43 Å². The molecule has 6 nitrogen and oxygen atoms in total. The number of halogens is 1. The van der Waals surface area contributed by atoms with E-state index in [1.807, 2.05) is 65.2 Å². The maximum Gasteiger partial charge on any atom is 0.343 e. The molecule has 1 saturated carbocycles. The number of ether oxygens (including phenoxy) is 2. The standard InChI is InChI=1S/C32H30FNO5/c1-4-38-30(36)24-19-34(22-15-16-22)27-18-25(26(33)17-23(27)28(24)35)32(2,3)31(37)39-29(20-11-7-5-8-12-20)21-13-9-6-10-14-21/h5-14,17-19,22,29H,4,15-16H2,1-3H3. The molecule has 4 aromatic rings. The summed E-state index contributed by atoms with van der Waals surface area (Å²) in [6.45, 7) is 5.00. The zero-order chi connectivity index (χ0) is 27.7. The molecule has 3 aromatic carbocycles. The Hall–Kier alpha value is -4.26. The Morgan fingerprint density at radius 2 is 1.59 bits per heavy atom. The molecule has 1 aromatic heterocycles. The van der Waals surface area contributed by atoms with Crippen molar-refractivity contribution in [2.45, 2.75) is 51.2 Å². The maximum absolute atomic E-state index is 15.7. The van der Waals surface area contributed by atoms with Crippen molar-refractivity contribution < 1.29 is 23.5 Å². The number of hydrogen-bond donors (Lipinski definition) is 0. The van der Waals surface area contributed by atoms with Gasteiger partial charge in [-0.3, -0.25) is 9.59 Å². The molecule has 5 rings (SSSR count). The Balaban J connectivity index is 1.57. The Bertz CT molecular complexity index is 1550. The summed E-state index contributed by atoms with van der Waals surface area (Å²) in [5, 5.41) is 0.0734. The van der Waals surface area contributed by atoms with Gasteiger partial charge in [0.1, 0.15) is 11.4 Å². The summed E-state index contributed by atoms with van der Waals surface area (Å²) in [6.07, 6.45) is 2.55. The zero-order valence-corrected chi connectivity index (χ0v) is 22.1. The van der Waals surface area contributed by atoms with Crippen LogP contribution in [0.5, 0.6) is 0 Å². The number of aromatic nitrogens is 1. The van der Waals surface area contributed by atoms with Gasteiger partial charge in [0.2, 0.25) is 5.43 Å². The highest BCUT2D eigenvalue weighted by atomic mass is 19.1. The molecule has 39 heavy (non-hydrogen) atoms. The first-order valence-corrected chi connectivity index (χ1v) is 13.1. The van der Waals surface area contributed by atoms with Crippen molar-refractivity contribution >= 4 is 22.8 Å². The molecule has 1 fully saturated rings. The molecule has 0 aliphatic heterocycles. The third-order valence-corrected chi connectivity index (χ3v) is 7.17. The summed E-state index contributed by atoms with van der Waals surface area (Å²) < 4.78 is 28.6. The predicted molar refractivity (Wildman–Crippen MR) is 146 cm³/mol.